The summed E-state index contributed by atoms with van der Waals surface area (Å²) in [5, 5.41) is 4.27. The van der Waals surface area contributed by atoms with Crippen molar-refractivity contribution in [2.24, 2.45) is 7.05 Å². The van der Waals surface area contributed by atoms with E-state index in [-0.39, 0.29) is 0 Å². The normalized spacial score (nSPS) is 12.6. The summed E-state index contributed by atoms with van der Waals surface area (Å²) in [5.41, 5.74) is 2.51. The van der Waals surface area contributed by atoms with Crippen molar-refractivity contribution in [2.45, 2.75) is 19.5 Å². The maximum absolute atomic E-state index is 5.98. The van der Waals surface area contributed by atoms with E-state index in [2.05, 4.69) is 41.3 Å². The van der Waals surface area contributed by atoms with E-state index in [0.29, 0.717) is 6.04 Å². The van der Waals surface area contributed by atoms with Crippen LogP contribution in [0.3, 0.4) is 0 Å². The van der Waals surface area contributed by atoms with Crippen molar-refractivity contribution >= 4 is 11.6 Å². The summed E-state index contributed by atoms with van der Waals surface area (Å²) in [4.78, 5) is 0. The quantitative estimate of drug-likeness (QED) is 0.876. The van der Waals surface area contributed by atoms with E-state index < -0.39 is 0 Å². The summed E-state index contributed by atoms with van der Waals surface area (Å²) in [6.45, 7) is 3.02. The first-order chi connectivity index (χ1) is 8.15. The predicted molar refractivity (Wildman–Crippen MR) is 72.1 cm³/mol. The van der Waals surface area contributed by atoms with Crippen LogP contribution in [0.15, 0.2) is 42.7 Å². The van der Waals surface area contributed by atoms with Gasteiger partial charge in [-0.15, -0.1) is 0 Å². The highest BCUT2D eigenvalue weighted by molar-refractivity contribution is 6.30. The molecule has 0 amide bonds. The lowest BCUT2D eigenvalue weighted by atomic mass is 10.1. The molecule has 3 heteroatoms. The van der Waals surface area contributed by atoms with E-state index in [1.807, 2.05) is 25.2 Å². The van der Waals surface area contributed by atoms with Gasteiger partial charge in [0.1, 0.15) is 0 Å². The molecule has 2 aromatic rings. The van der Waals surface area contributed by atoms with Crippen LogP contribution in [0.4, 0.5) is 0 Å². The zero-order valence-corrected chi connectivity index (χ0v) is 10.9. The number of nitrogens with one attached hydrogen (secondary N) is 1. The van der Waals surface area contributed by atoms with Crippen molar-refractivity contribution < 1.29 is 0 Å². The fraction of sp³-hybridized carbons (Fsp3) is 0.286. The minimum Gasteiger partial charge on any atom is -0.357 e. The van der Waals surface area contributed by atoms with Gasteiger partial charge in [-0.3, -0.25) is 0 Å². The Balaban J connectivity index is 1.95. The molecule has 0 aliphatic rings. The molecule has 1 aromatic carbocycles. The third-order valence-electron chi connectivity index (χ3n) is 2.85. The number of benzene rings is 1. The monoisotopic (exact) mass is 248 g/mol. The Morgan fingerprint density at radius 3 is 2.82 bits per heavy atom. The van der Waals surface area contributed by atoms with Gasteiger partial charge in [0.2, 0.25) is 0 Å². The summed E-state index contributed by atoms with van der Waals surface area (Å²) in [7, 11) is 2.03. The van der Waals surface area contributed by atoms with Crippen LogP contribution >= 0.6 is 11.6 Å². The molecule has 0 aliphatic carbocycles. The fourth-order valence-electron chi connectivity index (χ4n) is 1.83. The van der Waals surface area contributed by atoms with Gasteiger partial charge in [0.25, 0.3) is 0 Å². The molecule has 0 saturated carbocycles. The van der Waals surface area contributed by atoms with Gasteiger partial charge in [0, 0.05) is 37.1 Å². The molecule has 1 atom stereocenters. The average molecular weight is 249 g/mol. The standard InChI is InChI=1S/C14H17ClN2/c1-11(13-4-3-5-14(15)8-13)16-9-12-6-7-17(2)10-12/h3-8,10-11,16H,9H2,1-2H3. The Morgan fingerprint density at radius 1 is 1.35 bits per heavy atom. The number of aromatic nitrogens is 1. The number of rotatable bonds is 4. The topological polar surface area (TPSA) is 17.0 Å². The first-order valence-electron chi connectivity index (χ1n) is 5.75. The summed E-state index contributed by atoms with van der Waals surface area (Å²) >= 11 is 5.98. The molecule has 2 nitrogen and oxygen atoms in total. The Kier molecular flexibility index (Phi) is 3.87. The number of aryl methyl sites for hydroxylation is 1. The highest BCUT2D eigenvalue weighted by Crippen LogP contribution is 2.17. The van der Waals surface area contributed by atoms with Crippen LogP contribution in [0.25, 0.3) is 0 Å². The van der Waals surface area contributed by atoms with Gasteiger partial charge in [0.05, 0.1) is 0 Å². The molecule has 0 aliphatic heterocycles. The molecule has 1 aromatic heterocycles. The van der Waals surface area contributed by atoms with Crippen LogP contribution in [0.5, 0.6) is 0 Å². The second-order valence-electron chi connectivity index (χ2n) is 4.34. The molecule has 0 fully saturated rings. The van der Waals surface area contributed by atoms with Gasteiger partial charge in [-0.05, 0) is 36.2 Å². The van der Waals surface area contributed by atoms with E-state index in [4.69, 9.17) is 11.6 Å². The first kappa shape index (κ1) is 12.2. The highest BCUT2D eigenvalue weighted by atomic mass is 35.5. The summed E-state index contributed by atoms with van der Waals surface area (Å²) in [5.74, 6) is 0. The van der Waals surface area contributed by atoms with Crippen LogP contribution in [0.2, 0.25) is 5.02 Å². The highest BCUT2D eigenvalue weighted by Gasteiger charge is 2.05. The van der Waals surface area contributed by atoms with Crippen molar-refractivity contribution in [2.75, 3.05) is 0 Å². The van der Waals surface area contributed by atoms with Crippen molar-refractivity contribution in [3.05, 3.63) is 58.9 Å². The van der Waals surface area contributed by atoms with Gasteiger partial charge >= 0.3 is 0 Å². The Hall–Kier alpha value is -1.25. The predicted octanol–water partition coefficient (Wildman–Crippen LogP) is 3.53. The van der Waals surface area contributed by atoms with Crippen LogP contribution in [-0.2, 0) is 13.6 Å². The van der Waals surface area contributed by atoms with Gasteiger partial charge < -0.3 is 9.88 Å². The second-order valence-corrected chi connectivity index (χ2v) is 4.78. The lowest BCUT2D eigenvalue weighted by molar-refractivity contribution is 0.574. The maximum atomic E-state index is 5.98. The number of halogens is 1. The van der Waals surface area contributed by atoms with Crippen molar-refractivity contribution in [3.63, 3.8) is 0 Å². The SMILES string of the molecule is CC(NCc1ccn(C)c1)c1cccc(Cl)c1. The molecule has 1 heterocycles. The zero-order valence-electron chi connectivity index (χ0n) is 10.2. The minimum atomic E-state index is 0.300. The van der Waals surface area contributed by atoms with Crippen LogP contribution in [0.1, 0.15) is 24.1 Å². The van der Waals surface area contributed by atoms with E-state index in [9.17, 15) is 0 Å². The lowest BCUT2D eigenvalue weighted by Gasteiger charge is -2.13. The lowest BCUT2D eigenvalue weighted by Crippen LogP contribution is -2.17. The molecular weight excluding hydrogens is 232 g/mol. The van der Waals surface area contributed by atoms with E-state index in [0.717, 1.165) is 11.6 Å². The molecule has 1 N–H and O–H groups in total. The summed E-state index contributed by atoms with van der Waals surface area (Å²) < 4.78 is 2.06. The van der Waals surface area contributed by atoms with Crippen molar-refractivity contribution in [1.82, 2.24) is 9.88 Å². The molecule has 2 rings (SSSR count). The third kappa shape index (κ3) is 3.35. The molecule has 90 valence electrons. The first-order valence-corrected chi connectivity index (χ1v) is 6.12. The van der Waals surface area contributed by atoms with Gasteiger partial charge in [0.15, 0.2) is 0 Å². The molecule has 0 bridgehead atoms. The average Bonchev–Trinajstić information content (AvgIpc) is 2.72. The Bertz CT molecular complexity index is 490. The molecule has 1 unspecified atom stereocenters. The van der Waals surface area contributed by atoms with E-state index in [1.54, 1.807) is 0 Å². The minimum absolute atomic E-state index is 0.300. The van der Waals surface area contributed by atoms with Gasteiger partial charge in [-0.1, -0.05) is 23.7 Å². The molecule has 0 radical (unpaired) electrons. The Morgan fingerprint density at radius 2 is 2.18 bits per heavy atom. The number of nitrogens with zero attached hydrogens (tertiary/aromatic N) is 1. The third-order valence-corrected chi connectivity index (χ3v) is 3.09. The molecular formula is C14H17ClN2. The van der Waals surface area contributed by atoms with E-state index >= 15 is 0 Å². The smallest absolute Gasteiger partial charge is 0.0409 e. The van der Waals surface area contributed by atoms with E-state index in [1.165, 1.54) is 11.1 Å². The molecule has 0 spiro atoms. The zero-order chi connectivity index (χ0) is 12.3. The van der Waals surface area contributed by atoms with Crippen LogP contribution < -0.4 is 5.32 Å². The number of hydrogen-bond donors (Lipinski definition) is 1. The van der Waals surface area contributed by atoms with Crippen LogP contribution in [-0.4, -0.2) is 4.57 Å². The van der Waals surface area contributed by atoms with Gasteiger partial charge in [-0.25, -0.2) is 0 Å². The molecule has 0 saturated heterocycles. The number of hydrogen-bond acceptors (Lipinski definition) is 1. The maximum Gasteiger partial charge on any atom is 0.0409 e. The fourth-order valence-corrected chi connectivity index (χ4v) is 2.03. The largest absolute Gasteiger partial charge is 0.357 e. The molecule has 17 heavy (non-hydrogen) atoms. The summed E-state index contributed by atoms with van der Waals surface area (Å²) in [6, 6.07) is 10.4. The van der Waals surface area contributed by atoms with Crippen molar-refractivity contribution in [1.29, 1.82) is 0 Å². The van der Waals surface area contributed by atoms with Gasteiger partial charge in [-0.2, -0.15) is 0 Å². The van der Waals surface area contributed by atoms with Crippen molar-refractivity contribution in [3.8, 4) is 0 Å². The Labute approximate surface area is 107 Å². The van der Waals surface area contributed by atoms with Crippen LogP contribution in [0, 0.1) is 0 Å². The summed E-state index contributed by atoms with van der Waals surface area (Å²) in [6.07, 6.45) is 4.18. The second kappa shape index (κ2) is 5.39.